The maximum Gasteiger partial charge on any atom is 0.324 e. The van der Waals surface area contributed by atoms with Crippen LogP contribution in [-0.4, -0.2) is 73.5 Å². The molecule has 0 spiro atoms. The lowest BCUT2D eigenvalue weighted by Gasteiger charge is -2.14. The summed E-state index contributed by atoms with van der Waals surface area (Å²) in [5.41, 5.74) is 2.49. The third-order valence-corrected chi connectivity index (χ3v) is 11.2. The molecule has 0 saturated heterocycles. The van der Waals surface area contributed by atoms with Crippen LogP contribution < -0.4 is 15.8 Å². The lowest BCUT2D eigenvalue weighted by Crippen LogP contribution is -2.11. The number of fused-ring (bicyclic) bond motifs is 1. The van der Waals surface area contributed by atoms with Crippen LogP contribution in [0.2, 0.25) is 0 Å². The van der Waals surface area contributed by atoms with Crippen molar-refractivity contribution in [3.05, 3.63) is 60.7 Å². The van der Waals surface area contributed by atoms with Crippen molar-refractivity contribution in [1.29, 1.82) is 0 Å². The van der Waals surface area contributed by atoms with E-state index >= 15 is 0 Å². The van der Waals surface area contributed by atoms with Crippen molar-refractivity contribution in [3.8, 4) is 22.4 Å². The van der Waals surface area contributed by atoms with Gasteiger partial charge in [-0.25, -0.2) is 8.42 Å². The number of anilines is 3. The van der Waals surface area contributed by atoms with Gasteiger partial charge in [-0.1, -0.05) is 0 Å². The number of hydrogen-bond acceptors (Lipinski definition) is 19. The highest BCUT2D eigenvalue weighted by Crippen LogP contribution is 2.48. The lowest BCUT2D eigenvalue weighted by atomic mass is 10.1. The van der Waals surface area contributed by atoms with E-state index in [1.165, 1.54) is 0 Å². The number of nitrogens with two attached hydrogens (primary N) is 1. The molecule has 0 atom stereocenters. The van der Waals surface area contributed by atoms with Gasteiger partial charge in [0.15, 0.2) is 5.75 Å². The van der Waals surface area contributed by atoms with E-state index in [-0.39, 0.29) is 16.3 Å². The summed E-state index contributed by atoms with van der Waals surface area (Å²) >= 11 is 5.18. The summed E-state index contributed by atoms with van der Waals surface area (Å²) in [6.07, 6.45) is -1.73. The third kappa shape index (κ3) is 9.75. The zero-order valence-electron chi connectivity index (χ0n) is 28.8. The predicted octanol–water partition coefficient (Wildman–Crippen LogP) is 5.48. The minimum Gasteiger partial charge on any atom is -0.505 e. The van der Waals surface area contributed by atoms with Crippen LogP contribution in [0.4, 0.5) is 44.5 Å². The van der Waals surface area contributed by atoms with Crippen molar-refractivity contribution < 1.29 is 61.6 Å². The quantitative estimate of drug-likeness (QED) is 0.0390. The van der Waals surface area contributed by atoms with Gasteiger partial charge >= 0.3 is 12.1 Å². The highest BCUT2D eigenvalue weighted by molar-refractivity contribution is 7.96. The molecule has 5 aromatic rings. The molecule has 0 aliphatic heterocycles. The molecule has 58 heavy (non-hydrogen) atoms. The van der Waals surface area contributed by atoms with Gasteiger partial charge in [-0.05, 0) is 85.4 Å². The maximum atomic E-state index is 14.1. The number of rotatable bonds is 12. The first-order valence-electron chi connectivity index (χ1n) is 15.2. The van der Waals surface area contributed by atoms with Gasteiger partial charge in [0.25, 0.3) is 30.4 Å². The van der Waals surface area contributed by atoms with E-state index in [1.807, 2.05) is 0 Å². The van der Waals surface area contributed by atoms with E-state index in [1.54, 1.807) is 24.5 Å². The summed E-state index contributed by atoms with van der Waals surface area (Å²) < 4.78 is 148. The van der Waals surface area contributed by atoms with Gasteiger partial charge in [0.1, 0.15) is 31.7 Å². The molecular formula is C30H23ClFN9O13S4. The Balaban J connectivity index is 1.68. The number of halogens is 2. The Morgan fingerprint density at radius 2 is 1.38 bits per heavy atom. The Labute approximate surface area is 331 Å². The van der Waals surface area contributed by atoms with Crippen molar-refractivity contribution in [2.45, 2.75) is 39.5 Å². The fraction of sp³-hybridized carbons (Fsp3) is 0.100. The highest BCUT2D eigenvalue weighted by Gasteiger charge is 2.28. The van der Waals surface area contributed by atoms with E-state index < -0.39 is 118 Å². The standard InChI is InChI=1S/C30H23ClFN9O13S4/c1-14(2)54-30-36-28(32)35-29(37-30)34-17-5-8-20(56(45,46)47)19(13-17)39-41-26-22(58(51,52)53)12-15-11-21(57(48,49)50)25(24(33)23(15)27(26)42)40-38-16-3-6-18(7-4-16)55(43,44)10-9-31/h3-8,11-14,42H,33H2,1-2H3,(H,45,46,47)(H,48,49,50)(H,51,52,53)(H,34,35,36,37). The molecule has 28 heteroatoms. The van der Waals surface area contributed by atoms with Crippen molar-refractivity contribution >= 4 is 103 Å². The molecule has 7 N–H and O–H groups in total. The number of hydrogen-bond donors (Lipinski definition) is 6. The number of aromatic nitrogens is 3. The fourth-order valence-electron chi connectivity index (χ4n) is 4.79. The number of nitrogen functional groups attached to an aromatic ring is 1. The van der Waals surface area contributed by atoms with E-state index in [0.717, 1.165) is 42.5 Å². The van der Waals surface area contributed by atoms with E-state index in [0.29, 0.717) is 12.1 Å². The molecular weight excluding hydrogens is 877 g/mol. The first-order chi connectivity index (χ1) is 26.9. The molecule has 0 aliphatic carbocycles. The van der Waals surface area contributed by atoms with Crippen LogP contribution in [0.15, 0.2) is 94.6 Å². The highest BCUT2D eigenvalue weighted by atomic mass is 35.5. The second-order valence-electron chi connectivity index (χ2n) is 11.5. The summed E-state index contributed by atoms with van der Waals surface area (Å²) in [6, 6.07) is 7.87. The maximum absolute atomic E-state index is 14.1. The number of aromatic hydroxyl groups is 1. The van der Waals surface area contributed by atoms with Crippen LogP contribution in [0.25, 0.3) is 10.8 Å². The van der Waals surface area contributed by atoms with Gasteiger partial charge < -0.3 is 20.9 Å². The zero-order valence-corrected chi connectivity index (χ0v) is 32.9. The molecule has 304 valence electrons. The van der Waals surface area contributed by atoms with E-state index in [2.05, 4.69) is 40.7 Å². The zero-order chi connectivity index (χ0) is 43.0. The van der Waals surface area contributed by atoms with Crippen molar-refractivity contribution in [2.24, 2.45) is 20.5 Å². The molecule has 0 aliphatic rings. The van der Waals surface area contributed by atoms with Gasteiger partial charge in [-0.15, -0.1) is 20.3 Å². The Morgan fingerprint density at radius 1 is 0.793 bits per heavy atom. The predicted molar refractivity (Wildman–Crippen MR) is 200 cm³/mol. The first kappa shape index (κ1) is 43.1. The number of nitrogens with zero attached hydrogens (tertiary/aromatic N) is 7. The molecule has 5 rings (SSSR count). The lowest BCUT2D eigenvalue weighted by molar-refractivity contribution is 0.217. The van der Waals surface area contributed by atoms with Crippen LogP contribution in [0.1, 0.15) is 13.8 Å². The molecule has 22 nitrogen and oxygen atoms in total. The summed E-state index contributed by atoms with van der Waals surface area (Å²) in [5.74, 6) is -1.66. The number of sulfone groups is 1. The van der Waals surface area contributed by atoms with Crippen LogP contribution >= 0.6 is 11.6 Å². The van der Waals surface area contributed by atoms with Gasteiger partial charge in [0.05, 0.1) is 27.8 Å². The molecule has 0 amide bonds. The van der Waals surface area contributed by atoms with Gasteiger partial charge in [0, 0.05) is 16.3 Å². The number of phenolic OH excluding ortho intramolecular Hbond substituents is 1. The second kappa shape index (κ2) is 16.1. The summed E-state index contributed by atoms with van der Waals surface area (Å²) in [7, 11) is -19.9. The molecule has 1 aromatic heterocycles. The normalized spacial score (nSPS) is 12.6. The largest absolute Gasteiger partial charge is 0.505 e. The average molecular weight is 900 g/mol. The SMILES string of the molecule is CC(C)Oc1nc(F)nc(Nc2ccc(S(=O)(=O)O)c(N=Nc3c(S(=O)(=O)O)cc4cc(S(=O)(=O)O)c(N=Nc5ccc(S(=O)(=O)C#CCl)cc5)c(N)c4c3O)c2)n1. The van der Waals surface area contributed by atoms with Crippen LogP contribution in [0.5, 0.6) is 11.8 Å². The van der Waals surface area contributed by atoms with E-state index in [4.69, 9.17) is 22.1 Å². The van der Waals surface area contributed by atoms with Crippen LogP contribution in [0.3, 0.4) is 0 Å². The Kier molecular flexibility index (Phi) is 12.0. The van der Waals surface area contributed by atoms with Crippen LogP contribution in [0, 0.1) is 16.7 Å². The molecule has 0 fully saturated rings. The number of nitrogens with one attached hydrogen (secondary N) is 1. The van der Waals surface area contributed by atoms with Crippen molar-refractivity contribution in [3.63, 3.8) is 0 Å². The van der Waals surface area contributed by atoms with Gasteiger partial charge in [0.2, 0.25) is 15.8 Å². The van der Waals surface area contributed by atoms with Crippen molar-refractivity contribution in [1.82, 2.24) is 15.0 Å². The number of phenols is 1. The first-order valence-corrected chi connectivity index (χ1v) is 21.4. The topological polar surface area (TPSA) is 353 Å². The smallest absolute Gasteiger partial charge is 0.324 e. The summed E-state index contributed by atoms with van der Waals surface area (Å²) in [5, 5.41) is 31.1. The second-order valence-corrected chi connectivity index (χ2v) is 17.6. The monoisotopic (exact) mass is 899 g/mol. The van der Waals surface area contributed by atoms with Crippen molar-refractivity contribution in [2.75, 3.05) is 11.1 Å². The van der Waals surface area contributed by atoms with Gasteiger partial charge in [-0.2, -0.15) is 44.7 Å². The molecule has 4 aromatic carbocycles. The molecule has 0 saturated carbocycles. The Hall–Kier alpha value is -5.99. The fourth-order valence-corrected chi connectivity index (χ4v) is 7.74. The molecule has 0 unspecified atom stereocenters. The Morgan fingerprint density at radius 3 is 1.95 bits per heavy atom. The molecule has 0 bridgehead atoms. The minimum absolute atomic E-state index is 0.102. The third-order valence-electron chi connectivity index (χ3n) is 7.13. The van der Waals surface area contributed by atoms with E-state index in [9.17, 15) is 56.8 Å². The summed E-state index contributed by atoms with van der Waals surface area (Å²) in [6.45, 7) is 3.22. The number of benzene rings is 4. The molecule has 0 radical (unpaired) electrons. The molecule has 1 heterocycles. The minimum atomic E-state index is -5.41. The summed E-state index contributed by atoms with van der Waals surface area (Å²) in [4.78, 5) is 7.18. The van der Waals surface area contributed by atoms with Crippen LogP contribution in [-0.2, 0) is 40.2 Å². The average Bonchev–Trinajstić information content (AvgIpc) is 3.08. The van der Waals surface area contributed by atoms with Gasteiger partial charge in [-0.3, -0.25) is 13.7 Å². The number of azo groups is 2. The number of ether oxygens (including phenoxy) is 1. The Bertz CT molecular complexity index is 3090.